The summed E-state index contributed by atoms with van der Waals surface area (Å²) >= 11 is 0. The number of hydrogen-bond donors (Lipinski definition) is 0. The Morgan fingerprint density at radius 1 is 1.11 bits per heavy atom. The molecule has 0 spiro atoms. The summed E-state index contributed by atoms with van der Waals surface area (Å²) in [7, 11) is 3.99. The summed E-state index contributed by atoms with van der Waals surface area (Å²) < 4.78 is 3.51. The number of aryl methyl sites for hydroxylation is 1. The van der Waals surface area contributed by atoms with Crippen molar-refractivity contribution in [2.75, 3.05) is 25.0 Å². The van der Waals surface area contributed by atoms with Crippen LogP contribution in [0, 0.1) is 0 Å². The molecule has 0 N–H and O–H groups in total. The van der Waals surface area contributed by atoms with Crippen LogP contribution in [0.1, 0.15) is 23.3 Å². The molecule has 1 fully saturated rings. The molecular formula is C20H24N6O. The molecule has 140 valence electrons. The number of likely N-dealkylation sites (tertiary alicyclic amines) is 1. The van der Waals surface area contributed by atoms with Gasteiger partial charge < -0.3 is 9.80 Å². The van der Waals surface area contributed by atoms with Crippen molar-refractivity contribution in [3.05, 3.63) is 60.8 Å². The van der Waals surface area contributed by atoms with Crippen LogP contribution in [-0.2, 0) is 7.05 Å². The zero-order valence-corrected chi connectivity index (χ0v) is 15.7. The Kier molecular flexibility index (Phi) is 4.77. The van der Waals surface area contributed by atoms with E-state index < -0.39 is 0 Å². The fraction of sp³-hybridized carbons (Fsp3) is 0.350. The van der Waals surface area contributed by atoms with E-state index in [1.807, 2.05) is 54.5 Å². The Morgan fingerprint density at radius 2 is 1.85 bits per heavy atom. The minimum atomic E-state index is -0.0644. The standard InChI is InChI=1S/C20H24N6O/c1-23-11-8-17(9-12-23)26(16-6-4-3-5-7-16)20(27)18-14-25(15-21-18)19-10-13-24(2)22-19/h3-7,10,13-15,17H,8-9,11-12H2,1-2H3. The Bertz CT molecular complexity index is 907. The van der Waals surface area contributed by atoms with E-state index in [0.29, 0.717) is 5.69 Å². The SMILES string of the molecule is CN1CCC(N(C(=O)c2cn(-c3ccn(C)n3)cn2)c2ccccc2)CC1. The van der Waals surface area contributed by atoms with Gasteiger partial charge in [0.1, 0.15) is 12.0 Å². The van der Waals surface area contributed by atoms with Crippen LogP contribution in [0.15, 0.2) is 55.1 Å². The monoisotopic (exact) mass is 364 g/mol. The number of carbonyl (C=O) groups is 1. The van der Waals surface area contributed by atoms with Crippen LogP contribution in [-0.4, -0.2) is 56.3 Å². The van der Waals surface area contributed by atoms with E-state index in [4.69, 9.17) is 0 Å². The van der Waals surface area contributed by atoms with Crippen LogP contribution >= 0.6 is 0 Å². The average Bonchev–Trinajstić information content (AvgIpc) is 3.33. The number of imidazole rings is 1. The maximum absolute atomic E-state index is 13.4. The number of hydrogen-bond acceptors (Lipinski definition) is 4. The van der Waals surface area contributed by atoms with Crippen molar-refractivity contribution in [2.24, 2.45) is 7.05 Å². The van der Waals surface area contributed by atoms with Crippen molar-refractivity contribution in [1.82, 2.24) is 24.2 Å². The molecule has 7 heteroatoms. The Hall–Kier alpha value is -2.93. The van der Waals surface area contributed by atoms with Crippen molar-refractivity contribution < 1.29 is 4.79 Å². The van der Waals surface area contributed by atoms with E-state index >= 15 is 0 Å². The Balaban J connectivity index is 1.64. The number of piperidine rings is 1. The van der Waals surface area contributed by atoms with Gasteiger partial charge in [-0.15, -0.1) is 0 Å². The number of benzene rings is 1. The van der Waals surface area contributed by atoms with Crippen molar-refractivity contribution in [2.45, 2.75) is 18.9 Å². The van der Waals surface area contributed by atoms with Crippen molar-refractivity contribution in [3.63, 3.8) is 0 Å². The summed E-state index contributed by atoms with van der Waals surface area (Å²) in [5, 5.41) is 4.36. The lowest BCUT2D eigenvalue weighted by Gasteiger charge is -2.37. The number of aromatic nitrogens is 4. The molecule has 1 aliphatic heterocycles. The zero-order chi connectivity index (χ0) is 18.8. The van der Waals surface area contributed by atoms with Gasteiger partial charge in [-0.25, -0.2) is 4.98 Å². The lowest BCUT2D eigenvalue weighted by molar-refractivity contribution is 0.0959. The molecule has 0 bridgehead atoms. The largest absolute Gasteiger partial charge is 0.306 e. The predicted molar refractivity (Wildman–Crippen MR) is 104 cm³/mol. The second-order valence-electron chi connectivity index (χ2n) is 7.06. The predicted octanol–water partition coefficient (Wildman–Crippen LogP) is 2.35. The highest BCUT2D eigenvalue weighted by atomic mass is 16.2. The van der Waals surface area contributed by atoms with E-state index in [0.717, 1.165) is 37.4 Å². The smallest absolute Gasteiger partial charge is 0.278 e. The first-order chi connectivity index (χ1) is 13.1. The van der Waals surface area contributed by atoms with Crippen LogP contribution in [0.25, 0.3) is 5.82 Å². The molecule has 0 unspecified atom stereocenters. The Labute approximate surface area is 158 Å². The summed E-state index contributed by atoms with van der Waals surface area (Å²) in [6, 6.07) is 12.0. The fourth-order valence-electron chi connectivity index (χ4n) is 3.56. The normalized spacial score (nSPS) is 15.8. The second-order valence-corrected chi connectivity index (χ2v) is 7.06. The summed E-state index contributed by atoms with van der Waals surface area (Å²) in [5.41, 5.74) is 1.35. The molecule has 3 heterocycles. The lowest BCUT2D eigenvalue weighted by atomic mass is 10.0. The van der Waals surface area contributed by atoms with E-state index in [1.165, 1.54) is 0 Å². The summed E-state index contributed by atoms with van der Waals surface area (Å²) in [6.07, 6.45) is 7.19. The van der Waals surface area contributed by atoms with E-state index in [2.05, 4.69) is 22.0 Å². The third-order valence-electron chi connectivity index (χ3n) is 5.07. The highest BCUT2D eigenvalue weighted by Gasteiger charge is 2.30. The molecule has 0 saturated carbocycles. The zero-order valence-electron chi connectivity index (χ0n) is 15.7. The molecule has 0 aliphatic carbocycles. The molecule has 4 rings (SSSR count). The molecule has 3 aromatic rings. The molecule has 0 radical (unpaired) electrons. The van der Waals surface area contributed by atoms with E-state index in [1.54, 1.807) is 21.8 Å². The van der Waals surface area contributed by atoms with E-state index in [9.17, 15) is 4.79 Å². The first-order valence-electron chi connectivity index (χ1n) is 9.23. The molecule has 2 aromatic heterocycles. The van der Waals surface area contributed by atoms with Gasteiger partial charge in [0.05, 0.1) is 0 Å². The quantitative estimate of drug-likeness (QED) is 0.713. The van der Waals surface area contributed by atoms with Crippen LogP contribution in [0.2, 0.25) is 0 Å². The van der Waals surface area contributed by atoms with Crippen LogP contribution in [0.3, 0.4) is 0 Å². The van der Waals surface area contributed by atoms with Gasteiger partial charge in [-0.05, 0) is 45.1 Å². The maximum atomic E-state index is 13.4. The molecule has 0 atom stereocenters. The number of carbonyl (C=O) groups excluding carboxylic acids is 1. The van der Waals surface area contributed by atoms with Gasteiger partial charge in [-0.3, -0.25) is 14.0 Å². The third kappa shape index (κ3) is 3.64. The van der Waals surface area contributed by atoms with Gasteiger partial charge in [-0.2, -0.15) is 5.10 Å². The molecule has 1 saturated heterocycles. The highest BCUT2D eigenvalue weighted by Crippen LogP contribution is 2.25. The average molecular weight is 364 g/mol. The third-order valence-corrected chi connectivity index (χ3v) is 5.07. The van der Waals surface area contributed by atoms with Gasteiger partial charge in [0.2, 0.25) is 0 Å². The number of amides is 1. The molecule has 7 nitrogen and oxygen atoms in total. The maximum Gasteiger partial charge on any atom is 0.278 e. The summed E-state index contributed by atoms with van der Waals surface area (Å²) in [4.78, 5) is 22.0. The van der Waals surface area contributed by atoms with Crippen molar-refractivity contribution >= 4 is 11.6 Å². The lowest BCUT2D eigenvalue weighted by Crippen LogP contribution is -2.47. The second kappa shape index (κ2) is 7.36. The number of para-hydroxylation sites is 1. The van der Waals surface area contributed by atoms with Gasteiger partial charge in [0, 0.05) is 37.2 Å². The van der Waals surface area contributed by atoms with Crippen molar-refractivity contribution in [1.29, 1.82) is 0 Å². The van der Waals surface area contributed by atoms with Crippen LogP contribution in [0.4, 0.5) is 5.69 Å². The van der Waals surface area contributed by atoms with Crippen LogP contribution in [0.5, 0.6) is 0 Å². The first-order valence-corrected chi connectivity index (χ1v) is 9.23. The minimum Gasteiger partial charge on any atom is -0.306 e. The molecular weight excluding hydrogens is 340 g/mol. The highest BCUT2D eigenvalue weighted by molar-refractivity contribution is 6.05. The van der Waals surface area contributed by atoms with Crippen LogP contribution < -0.4 is 4.90 Å². The number of nitrogens with zero attached hydrogens (tertiary/aromatic N) is 6. The number of anilines is 1. The number of rotatable bonds is 4. The topological polar surface area (TPSA) is 59.2 Å². The molecule has 1 amide bonds. The van der Waals surface area contributed by atoms with Gasteiger partial charge in [0.25, 0.3) is 5.91 Å². The molecule has 1 aromatic carbocycles. The van der Waals surface area contributed by atoms with Gasteiger partial charge in [-0.1, -0.05) is 18.2 Å². The molecule has 1 aliphatic rings. The molecule has 27 heavy (non-hydrogen) atoms. The summed E-state index contributed by atoms with van der Waals surface area (Å²) in [5.74, 6) is 0.681. The Morgan fingerprint density at radius 3 is 2.52 bits per heavy atom. The van der Waals surface area contributed by atoms with Gasteiger partial charge >= 0.3 is 0 Å². The van der Waals surface area contributed by atoms with Gasteiger partial charge in [0.15, 0.2) is 5.82 Å². The van der Waals surface area contributed by atoms with Crippen molar-refractivity contribution in [3.8, 4) is 5.82 Å². The van der Waals surface area contributed by atoms with E-state index in [-0.39, 0.29) is 11.9 Å². The first kappa shape index (κ1) is 17.5. The minimum absolute atomic E-state index is 0.0644. The fourth-order valence-corrected chi connectivity index (χ4v) is 3.56. The summed E-state index contributed by atoms with van der Waals surface area (Å²) in [6.45, 7) is 1.98.